The second kappa shape index (κ2) is 7.04. The van der Waals surface area contributed by atoms with Gasteiger partial charge in [0.05, 0.1) is 0 Å². The molecule has 1 aliphatic heterocycles. The van der Waals surface area contributed by atoms with Crippen LogP contribution >= 0.6 is 11.3 Å². The van der Waals surface area contributed by atoms with Gasteiger partial charge in [-0.1, -0.05) is 48.5 Å². The molecule has 29 heavy (non-hydrogen) atoms. The van der Waals surface area contributed by atoms with Crippen LogP contribution in [0.1, 0.15) is 33.5 Å². The molecule has 2 heterocycles. The van der Waals surface area contributed by atoms with Crippen molar-refractivity contribution in [3.05, 3.63) is 81.5 Å². The maximum atomic E-state index is 12.9. The maximum Gasteiger partial charge on any atom is 0.410 e. The van der Waals surface area contributed by atoms with Gasteiger partial charge in [-0.2, -0.15) is 0 Å². The molecule has 5 rings (SSSR count). The van der Waals surface area contributed by atoms with Crippen LogP contribution in [0.5, 0.6) is 0 Å². The van der Waals surface area contributed by atoms with Crippen LogP contribution < -0.4 is 0 Å². The van der Waals surface area contributed by atoms with Crippen molar-refractivity contribution in [2.75, 3.05) is 13.2 Å². The number of carboxylic acid groups (broad SMARTS) is 1. The van der Waals surface area contributed by atoms with Gasteiger partial charge in [-0.3, -0.25) is 4.90 Å². The monoisotopic (exact) mass is 405 g/mol. The number of aliphatic carboxylic acids is 1. The number of ether oxygens (including phenoxy) is 1. The van der Waals surface area contributed by atoms with E-state index >= 15 is 0 Å². The van der Waals surface area contributed by atoms with Gasteiger partial charge in [0.1, 0.15) is 6.61 Å². The van der Waals surface area contributed by atoms with Gasteiger partial charge in [0, 0.05) is 17.3 Å². The Kier molecular flexibility index (Phi) is 4.36. The van der Waals surface area contributed by atoms with E-state index in [9.17, 15) is 14.7 Å². The van der Waals surface area contributed by atoms with Crippen molar-refractivity contribution in [2.45, 2.75) is 18.4 Å². The molecule has 2 aliphatic rings. The zero-order valence-electron chi connectivity index (χ0n) is 15.6. The van der Waals surface area contributed by atoms with Crippen molar-refractivity contribution >= 4 is 23.4 Å². The smallest absolute Gasteiger partial charge is 0.410 e. The lowest BCUT2D eigenvalue weighted by Crippen LogP contribution is -2.43. The van der Waals surface area contributed by atoms with Crippen LogP contribution in [-0.2, 0) is 16.0 Å². The molecule has 1 unspecified atom stereocenters. The van der Waals surface area contributed by atoms with Crippen LogP contribution in [0, 0.1) is 0 Å². The summed E-state index contributed by atoms with van der Waals surface area (Å²) < 4.78 is 5.68. The highest BCUT2D eigenvalue weighted by Crippen LogP contribution is 2.44. The summed E-state index contributed by atoms with van der Waals surface area (Å²) in [5, 5.41) is 11.6. The molecule has 1 N–H and O–H groups in total. The first kappa shape index (κ1) is 17.9. The number of nitrogens with zero attached hydrogens (tertiary/aromatic N) is 1. The second-order valence-electron chi connectivity index (χ2n) is 7.29. The SMILES string of the molecule is O=C(O)C1c2ccsc2CCN1C(=O)OCC1c2ccccc2-c2ccccc21. The summed E-state index contributed by atoms with van der Waals surface area (Å²) in [4.78, 5) is 27.1. The normalized spacial score (nSPS) is 17.4. The number of thiophene rings is 1. The molecular weight excluding hydrogens is 386 g/mol. The Hall–Kier alpha value is -3.12. The minimum atomic E-state index is -1.03. The Morgan fingerprint density at radius 2 is 1.66 bits per heavy atom. The number of hydrogen-bond donors (Lipinski definition) is 1. The molecule has 5 nitrogen and oxygen atoms in total. The first-order chi connectivity index (χ1) is 14.1. The van der Waals surface area contributed by atoms with E-state index in [0.717, 1.165) is 27.1 Å². The van der Waals surface area contributed by atoms with Crippen molar-refractivity contribution in [3.63, 3.8) is 0 Å². The summed E-state index contributed by atoms with van der Waals surface area (Å²) in [5.41, 5.74) is 5.29. The Labute approximate surface area is 172 Å². The minimum absolute atomic E-state index is 0.0453. The standard InChI is InChI=1S/C23H19NO4S/c25-22(26)21-18-10-12-29-20(18)9-11-24(21)23(27)28-13-19-16-7-3-1-5-14(16)15-6-2-4-8-17(15)19/h1-8,10,12,19,21H,9,11,13H2,(H,25,26). The lowest BCUT2D eigenvalue weighted by molar-refractivity contribution is -0.143. The first-order valence-corrected chi connectivity index (χ1v) is 10.4. The van der Waals surface area contributed by atoms with Crippen LogP contribution in [0.15, 0.2) is 60.0 Å². The van der Waals surface area contributed by atoms with Crippen LogP contribution in [0.25, 0.3) is 11.1 Å². The minimum Gasteiger partial charge on any atom is -0.479 e. The Bertz CT molecular complexity index is 1060. The van der Waals surface area contributed by atoms with E-state index in [4.69, 9.17) is 4.74 Å². The highest BCUT2D eigenvalue weighted by Gasteiger charge is 2.38. The number of rotatable bonds is 3. The number of amides is 1. The van der Waals surface area contributed by atoms with E-state index in [1.807, 2.05) is 29.6 Å². The molecular formula is C23H19NO4S. The van der Waals surface area contributed by atoms with E-state index in [2.05, 4.69) is 24.3 Å². The third-order valence-electron chi connectivity index (χ3n) is 5.77. The highest BCUT2D eigenvalue weighted by molar-refractivity contribution is 7.10. The second-order valence-corrected chi connectivity index (χ2v) is 8.29. The fourth-order valence-electron chi connectivity index (χ4n) is 4.46. The number of benzene rings is 2. The van der Waals surface area contributed by atoms with Gasteiger partial charge in [0.25, 0.3) is 0 Å². The number of carboxylic acids is 1. The Morgan fingerprint density at radius 1 is 1.00 bits per heavy atom. The topological polar surface area (TPSA) is 66.8 Å². The summed E-state index contributed by atoms with van der Waals surface area (Å²) in [6.45, 7) is 0.535. The van der Waals surface area contributed by atoms with Crippen LogP contribution in [0.4, 0.5) is 4.79 Å². The molecule has 0 bridgehead atoms. The molecule has 146 valence electrons. The van der Waals surface area contributed by atoms with E-state index in [1.165, 1.54) is 16.2 Å². The molecule has 2 aromatic carbocycles. The summed E-state index contributed by atoms with van der Waals surface area (Å²) in [6, 6.07) is 17.1. The third kappa shape index (κ3) is 2.91. The van der Waals surface area contributed by atoms with E-state index in [1.54, 1.807) is 6.07 Å². The van der Waals surface area contributed by atoms with Gasteiger partial charge in [-0.05, 0) is 45.7 Å². The van der Waals surface area contributed by atoms with Crippen molar-refractivity contribution in [1.29, 1.82) is 0 Å². The Morgan fingerprint density at radius 3 is 2.31 bits per heavy atom. The van der Waals surface area contributed by atoms with E-state index < -0.39 is 18.1 Å². The molecule has 1 amide bonds. The summed E-state index contributed by atoms with van der Waals surface area (Å²) >= 11 is 1.54. The average Bonchev–Trinajstić information content (AvgIpc) is 3.34. The molecule has 1 aliphatic carbocycles. The highest BCUT2D eigenvalue weighted by atomic mass is 32.1. The molecule has 0 fully saturated rings. The van der Waals surface area contributed by atoms with Gasteiger partial charge in [0.15, 0.2) is 6.04 Å². The van der Waals surface area contributed by atoms with Crippen LogP contribution in [0.3, 0.4) is 0 Å². The zero-order chi connectivity index (χ0) is 20.0. The summed E-state index contributed by atoms with van der Waals surface area (Å²) in [6.07, 6.45) is 0.0807. The molecule has 1 aromatic heterocycles. The quantitative estimate of drug-likeness (QED) is 0.687. The molecule has 0 saturated heterocycles. The zero-order valence-corrected chi connectivity index (χ0v) is 16.4. The predicted molar refractivity (Wildman–Crippen MR) is 110 cm³/mol. The Balaban J connectivity index is 1.38. The molecule has 6 heteroatoms. The molecule has 0 spiro atoms. The molecule has 0 saturated carbocycles. The lowest BCUT2D eigenvalue weighted by Gasteiger charge is -2.32. The van der Waals surface area contributed by atoms with Crippen LogP contribution in [-0.4, -0.2) is 35.2 Å². The van der Waals surface area contributed by atoms with Gasteiger partial charge < -0.3 is 9.84 Å². The fourth-order valence-corrected chi connectivity index (χ4v) is 5.36. The van der Waals surface area contributed by atoms with Gasteiger partial charge >= 0.3 is 12.1 Å². The largest absolute Gasteiger partial charge is 0.479 e. The van der Waals surface area contributed by atoms with Crippen LogP contribution in [0.2, 0.25) is 0 Å². The number of carbonyl (C=O) groups is 2. The van der Waals surface area contributed by atoms with Gasteiger partial charge in [-0.25, -0.2) is 9.59 Å². The summed E-state index contributed by atoms with van der Waals surface area (Å²) in [5.74, 6) is -1.08. The lowest BCUT2D eigenvalue weighted by atomic mass is 9.98. The first-order valence-electron chi connectivity index (χ1n) is 9.56. The number of carbonyl (C=O) groups excluding carboxylic acids is 1. The van der Waals surface area contributed by atoms with Crippen molar-refractivity contribution in [2.24, 2.45) is 0 Å². The summed E-state index contributed by atoms with van der Waals surface area (Å²) in [7, 11) is 0. The fraction of sp³-hybridized carbons (Fsp3) is 0.217. The van der Waals surface area contributed by atoms with Gasteiger partial charge in [-0.15, -0.1) is 11.3 Å². The van der Waals surface area contributed by atoms with Crippen molar-refractivity contribution < 1.29 is 19.4 Å². The maximum absolute atomic E-state index is 12.9. The molecule has 3 aromatic rings. The van der Waals surface area contributed by atoms with Crippen molar-refractivity contribution in [1.82, 2.24) is 4.90 Å². The van der Waals surface area contributed by atoms with Crippen molar-refractivity contribution in [3.8, 4) is 11.1 Å². The molecule has 1 atom stereocenters. The predicted octanol–water partition coefficient (Wildman–Crippen LogP) is 4.68. The number of fused-ring (bicyclic) bond motifs is 4. The average molecular weight is 405 g/mol. The van der Waals surface area contributed by atoms with E-state index in [-0.39, 0.29) is 12.5 Å². The van der Waals surface area contributed by atoms with E-state index in [0.29, 0.717) is 18.5 Å². The number of hydrogen-bond acceptors (Lipinski definition) is 4. The molecule has 0 radical (unpaired) electrons. The third-order valence-corrected chi connectivity index (χ3v) is 6.77. The van der Waals surface area contributed by atoms with Gasteiger partial charge in [0.2, 0.25) is 0 Å².